The molecule has 10 rings (SSSR count). The summed E-state index contributed by atoms with van der Waals surface area (Å²) in [6, 6.07) is 21.2. The molecule has 0 aliphatic carbocycles. The van der Waals surface area contributed by atoms with E-state index in [0.717, 1.165) is 126 Å². The lowest BCUT2D eigenvalue weighted by Crippen LogP contribution is -2.57. The van der Waals surface area contributed by atoms with E-state index in [2.05, 4.69) is 125 Å². The average Bonchev–Trinajstić information content (AvgIpc) is 4.19. The number of carbonyl (C=O) groups is 1. The molecule has 2 unspecified atom stereocenters. The average molecular weight is 897 g/mol. The smallest absolute Gasteiger partial charge is 0.169 e. The Labute approximate surface area is 387 Å². The number of likely N-dealkylation sites (N-methyl/N-ethyl adjacent to an activating group) is 2. The number of hydrogen-bond acceptors (Lipinski definition) is 13. The fourth-order valence-corrected chi connectivity index (χ4v) is 13.1. The zero-order chi connectivity index (χ0) is 43.4. The van der Waals surface area contributed by atoms with Gasteiger partial charge in [-0.05, 0) is 115 Å². The van der Waals surface area contributed by atoms with E-state index in [0.29, 0.717) is 17.6 Å². The molecule has 4 aliphatic heterocycles. The number of aromatic nitrogens is 4. The van der Waals surface area contributed by atoms with E-state index < -0.39 is 0 Å². The molecule has 8 heterocycles. The lowest BCUT2D eigenvalue weighted by atomic mass is 9.94. The van der Waals surface area contributed by atoms with Crippen LogP contribution in [0.2, 0.25) is 0 Å². The molecule has 0 bridgehead atoms. The van der Waals surface area contributed by atoms with Gasteiger partial charge in [0.05, 0.1) is 22.9 Å². The standard InChI is InChI=1S/C51H64N10OS2/c1-56(29-37-17-25-60(26-18-37)48-45-41(39-13-5-3-6-14-39)33-63-50(45)54-35-52-48)31-43(58-21-9-10-22-58)47(62)44(59-23-11-12-24-59)32-57(2)30-38-19-27-61(28-20-38)49-46-42(40-15-7-4-8-16-40)34-64-51(46)55-36-53-49/h3-8,13-16,33-38,43-44H,9-12,17-32H2,1-2H3. The lowest BCUT2D eigenvalue weighted by molar-refractivity contribution is -0.130. The molecule has 336 valence electrons. The Morgan fingerprint density at radius 3 is 1.36 bits per heavy atom. The van der Waals surface area contributed by atoms with Crippen molar-refractivity contribution < 1.29 is 4.79 Å². The van der Waals surface area contributed by atoms with Crippen LogP contribution in [0.25, 0.3) is 42.7 Å². The molecule has 0 N–H and O–H groups in total. The van der Waals surface area contributed by atoms with Crippen LogP contribution in [-0.4, -0.2) is 150 Å². The molecule has 11 nitrogen and oxygen atoms in total. The van der Waals surface area contributed by atoms with Crippen LogP contribution in [0.4, 0.5) is 11.6 Å². The summed E-state index contributed by atoms with van der Waals surface area (Å²) >= 11 is 3.42. The van der Waals surface area contributed by atoms with Crippen LogP contribution in [0, 0.1) is 11.8 Å². The molecule has 13 heteroatoms. The summed E-state index contributed by atoms with van der Waals surface area (Å²) in [5.74, 6) is 3.77. The lowest BCUT2D eigenvalue weighted by Gasteiger charge is -2.39. The molecule has 0 radical (unpaired) electrons. The number of Topliss-reactive ketones (excluding diaryl/α,β-unsaturated/α-hetero) is 1. The number of thiophene rings is 2. The Bertz CT molecular complexity index is 2280. The second kappa shape index (κ2) is 20.0. The van der Waals surface area contributed by atoms with Crippen molar-refractivity contribution in [3.05, 3.63) is 84.1 Å². The van der Waals surface area contributed by atoms with E-state index in [4.69, 9.17) is 9.97 Å². The molecular weight excluding hydrogens is 833 g/mol. The highest BCUT2D eigenvalue weighted by atomic mass is 32.1. The molecule has 6 aromatic rings. The van der Waals surface area contributed by atoms with Crippen LogP contribution in [0.3, 0.4) is 0 Å². The molecule has 4 aliphatic rings. The molecule has 0 amide bonds. The van der Waals surface area contributed by atoms with Gasteiger partial charge in [-0.15, -0.1) is 22.7 Å². The highest BCUT2D eigenvalue weighted by molar-refractivity contribution is 7.17. The third-order valence-corrected chi connectivity index (χ3v) is 16.4. The number of likely N-dealkylation sites (tertiary alicyclic amines) is 2. The van der Waals surface area contributed by atoms with Crippen molar-refractivity contribution in [1.29, 1.82) is 0 Å². The maximum absolute atomic E-state index is 15.1. The molecule has 0 spiro atoms. The number of anilines is 2. The Morgan fingerprint density at radius 1 is 0.578 bits per heavy atom. The summed E-state index contributed by atoms with van der Waals surface area (Å²) in [6.45, 7) is 11.7. The highest BCUT2D eigenvalue weighted by Gasteiger charge is 2.39. The van der Waals surface area contributed by atoms with Crippen LogP contribution < -0.4 is 9.80 Å². The number of fused-ring (bicyclic) bond motifs is 2. The molecule has 4 saturated heterocycles. The quantitative estimate of drug-likeness (QED) is 0.0938. The van der Waals surface area contributed by atoms with Gasteiger partial charge >= 0.3 is 0 Å². The van der Waals surface area contributed by atoms with Gasteiger partial charge in [-0.25, -0.2) is 19.9 Å². The Kier molecular flexibility index (Phi) is 13.6. The number of piperidine rings is 2. The van der Waals surface area contributed by atoms with E-state index in [-0.39, 0.29) is 12.1 Å². The predicted molar refractivity (Wildman–Crippen MR) is 265 cm³/mol. The minimum Gasteiger partial charge on any atom is -0.356 e. The largest absolute Gasteiger partial charge is 0.356 e. The topological polar surface area (TPSA) is 88.1 Å². The van der Waals surface area contributed by atoms with E-state index in [1.165, 1.54) is 58.7 Å². The number of hydrogen-bond donors (Lipinski definition) is 0. The maximum atomic E-state index is 15.1. The van der Waals surface area contributed by atoms with Gasteiger partial charge in [-0.1, -0.05) is 60.7 Å². The first-order valence-corrected chi connectivity index (χ1v) is 25.7. The summed E-state index contributed by atoms with van der Waals surface area (Å²) < 4.78 is 0. The molecule has 2 atom stereocenters. The zero-order valence-electron chi connectivity index (χ0n) is 37.7. The summed E-state index contributed by atoms with van der Waals surface area (Å²) in [5, 5.41) is 6.83. The van der Waals surface area contributed by atoms with E-state index in [1.54, 1.807) is 35.3 Å². The van der Waals surface area contributed by atoms with Crippen molar-refractivity contribution in [3.63, 3.8) is 0 Å². The fourth-order valence-electron chi connectivity index (χ4n) is 11.2. The number of carbonyl (C=O) groups excluding carboxylic acids is 1. The minimum atomic E-state index is -0.0679. The van der Waals surface area contributed by atoms with Gasteiger partial charge in [0.2, 0.25) is 0 Å². The van der Waals surface area contributed by atoms with Crippen molar-refractivity contribution in [2.45, 2.75) is 63.5 Å². The predicted octanol–water partition coefficient (Wildman–Crippen LogP) is 8.52. The third kappa shape index (κ3) is 9.48. The van der Waals surface area contributed by atoms with Gasteiger partial charge in [-0.3, -0.25) is 14.6 Å². The van der Waals surface area contributed by atoms with Gasteiger partial charge in [0.1, 0.15) is 34.0 Å². The maximum Gasteiger partial charge on any atom is 0.169 e. The summed E-state index contributed by atoms with van der Waals surface area (Å²) in [5.41, 5.74) is 4.89. The van der Waals surface area contributed by atoms with Gasteiger partial charge in [0.25, 0.3) is 0 Å². The molecule has 64 heavy (non-hydrogen) atoms. The molecule has 4 fully saturated rings. The van der Waals surface area contributed by atoms with E-state index in [9.17, 15) is 0 Å². The van der Waals surface area contributed by atoms with Gasteiger partial charge in [0.15, 0.2) is 5.78 Å². The Balaban J connectivity index is 0.764. The minimum absolute atomic E-state index is 0.0679. The van der Waals surface area contributed by atoms with Crippen molar-refractivity contribution in [1.82, 2.24) is 39.5 Å². The first kappa shape index (κ1) is 43.5. The van der Waals surface area contributed by atoms with Gasteiger partial charge in [0, 0.05) is 74.2 Å². The summed E-state index contributed by atoms with van der Waals surface area (Å²) in [4.78, 5) is 51.3. The number of ketones is 1. The second-order valence-corrected chi connectivity index (χ2v) is 20.7. The van der Waals surface area contributed by atoms with E-state index >= 15 is 4.79 Å². The summed E-state index contributed by atoms with van der Waals surface area (Å²) in [7, 11) is 4.54. The molecular formula is C51H64N10OS2. The molecule has 0 saturated carbocycles. The van der Waals surface area contributed by atoms with Crippen LogP contribution >= 0.6 is 22.7 Å². The SMILES string of the molecule is CN(CC1CCN(c2ncnc3scc(-c4ccccc4)c23)CC1)CC(C(=O)C(CN(C)CC1CCN(c2ncnc3scc(-c4ccccc4)c23)CC1)N1CCCC1)N1CCCC1. The van der Waals surface area contributed by atoms with Gasteiger partial charge < -0.3 is 19.6 Å². The Hall–Kier alpha value is -4.37. The first-order valence-electron chi connectivity index (χ1n) is 23.9. The van der Waals surface area contributed by atoms with Crippen molar-refractivity contribution in [2.24, 2.45) is 11.8 Å². The van der Waals surface area contributed by atoms with Gasteiger partial charge in [-0.2, -0.15) is 0 Å². The second-order valence-electron chi connectivity index (χ2n) is 19.0. The van der Waals surface area contributed by atoms with E-state index in [1.807, 2.05) is 0 Å². The Morgan fingerprint density at radius 2 is 0.969 bits per heavy atom. The zero-order valence-corrected chi connectivity index (χ0v) is 39.4. The third-order valence-electron chi connectivity index (χ3n) is 14.6. The molecule has 2 aromatic carbocycles. The fraction of sp³-hybridized carbons (Fsp3) is 0.510. The highest BCUT2D eigenvalue weighted by Crippen LogP contribution is 2.40. The number of nitrogens with zero attached hydrogens (tertiary/aromatic N) is 10. The van der Waals surface area contributed by atoms with Crippen molar-refractivity contribution in [3.8, 4) is 22.3 Å². The molecule has 4 aromatic heterocycles. The van der Waals surface area contributed by atoms with Crippen LogP contribution in [0.5, 0.6) is 0 Å². The summed E-state index contributed by atoms with van der Waals surface area (Å²) in [6.07, 6.45) is 12.7. The number of rotatable bonds is 16. The van der Waals surface area contributed by atoms with Crippen molar-refractivity contribution >= 4 is 60.5 Å². The van der Waals surface area contributed by atoms with Crippen LogP contribution in [0.1, 0.15) is 51.4 Å². The monoisotopic (exact) mass is 896 g/mol. The van der Waals surface area contributed by atoms with Crippen LogP contribution in [0.15, 0.2) is 84.1 Å². The number of benzene rings is 2. The van der Waals surface area contributed by atoms with Crippen LogP contribution in [-0.2, 0) is 4.79 Å². The first-order chi connectivity index (χ1) is 31.5. The van der Waals surface area contributed by atoms with Crippen molar-refractivity contribution in [2.75, 3.05) is 102 Å². The normalized spacial score (nSPS) is 19.5.